The minimum absolute atomic E-state index is 0.0730. The zero-order valence-corrected chi connectivity index (χ0v) is 23.1. The van der Waals surface area contributed by atoms with Crippen molar-refractivity contribution >= 4 is 17.4 Å². The molecule has 3 aromatic rings. The normalized spacial score (nSPS) is 16.6. The fourth-order valence-electron chi connectivity index (χ4n) is 4.88. The van der Waals surface area contributed by atoms with E-state index in [0.29, 0.717) is 29.6 Å². The number of rotatable bonds is 11. The van der Waals surface area contributed by atoms with E-state index in [0.717, 1.165) is 36.0 Å². The molecular formula is C33H37NO5. The summed E-state index contributed by atoms with van der Waals surface area (Å²) in [6, 6.07) is 21.5. The molecule has 0 aromatic heterocycles. The molecule has 6 heteroatoms. The monoisotopic (exact) mass is 527 g/mol. The van der Waals surface area contributed by atoms with Crippen molar-refractivity contribution in [3.8, 4) is 11.5 Å². The lowest BCUT2D eigenvalue weighted by atomic mass is 9.93. The number of nitrogens with zero attached hydrogens (tertiary/aromatic N) is 1. The van der Waals surface area contributed by atoms with E-state index in [1.807, 2.05) is 48.5 Å². The molecular weight excluding hydrogens is 490 g/mol. The van der Waals surface area contributed by atoms with Gasteiger partial charge >= 0.3 is 0 Å². The molecule has 1 aliphatic rings. The Bertz CT molecular complexity index is 1320. The summed E-state index contributed by atoms with van der Waals surface area (Å²) in [7, 11) is 1.58. The number of benzene rings is 3. The first-order chi connectivity index (χ1) is 18.8. The predicted octanol–water partition coefficient (Wildman–Crippen LogP) is 7.01. The molecule has 6 nitrogen and oxygen atoms in total. The number of aliphatic hydroxyl groups excluding tert-OH is 1. The van der Waals surface area contributed by atoms with Crippen LogP contribution in [0.5, 0.6) is 11.5 Å². The maximum absolute atomic E-state index is 13.4. The first-order valence-corrected chi connectivity index (χ1v) is 13.6. The Balaban J connectivity index is 1.74. The van der Waals surface area contributed by atoms with E-state index in [2.05, 4.69) is 20.8 Å². The number of carbonyl (C=O) groups excluding carboxylic acids is 2. The second kappa shape index (κ2) is 12.7. The second-order valence-corrected chi connectivity index (χ2v) is 10.1. The molecule has 204 valence electrons. The van der Waals surface area contributed by atoms with Crippen molar-refractivity contribution in [3.63, 3.8) is 0 Å². The SMILES string of the molecule is CCCCCOc1ccc(/C(O)=C2\C(=O)C(=O)N(Cc3ccccc3OC)C2c2ccc(C(C)C)cc2)cc1. The summed E-state index contributed by atoms with van der Waals surface area (Å²) in [4.78, 5) is 28.4. The number of hydrogen-bond donors (Lipinski definition) is 1. The van der Waals surface area contributed by atoms with E-state index in [1.54, 1.807) is 31.4 Å². The average molecular weight is 528 g/mol. The molecule has 0 bridgehead atoms. The van der Waals surface area contributed by atoms with Crippen molar-refractivity contribution in [2.75, 3.05) is 13.7 Å². The van der Waals surface area contributed by atoms with Gasteiger partial charge < -0.3 is 19.5 Å². The van der Waals surface area contributed by atoms with Crippen LogP contribution in [0.25, 0.3) is 5.76 Å². The Morgan fingerprint density at radius 2 is 1.64 bits per heavy atom. The van der Waals surface area contributed by atoms with Gasteiger partial charge in [0.15, 0.2) is 0 Å². The van der Waals surface area contributed by atoms with E-state index in [-0.39, 0.29) is 17.9 Å². The van der Waals surface area contributed by atoms with Crippen LogP contribution in [0.1, 0.15) is 74.2 Å². The van der Waals surface area contributed by atoms with Crippen LogP contribution >= 0.6 is 0 Å². The zero-order valence-electron chi connectivity index (χ0n) is 23.1. The summed E-state index contributed by atoms with van der Waals surface area (Å²) in [6.45, 7) is 7.15. The van der Waals surface area contributed by atoms with E-state index in [9.17, 15) is 14.7 Å². The van der Waals surface area contributed by atoms with Crippen LogP contribution < -0.4 is 9.47 Å². The first-order valence-electron chi connectivity index (χ1n) is 13.6. The van der Waals surface area contributed by atoms with Crippen LogP contribution in [0.3, 0.4) is 0 Å². The molecule has 0 saturated carbocycles. The van der Waals surface area contributed by atoms with Gasteiger partial charge in [-0.2, -0.15) is 0 Å². The quantitative estimate of drug-likeness (QED) is 0.126. The first kappa shape index (κ1) is 28.0. The third-order valence-electron chi connectivity index (χ3n) is 7.14. The van der Waals surface area contributed by atoms with Crippen molar-refractivity contribution in [2.24, 2.45) is 0 Å². The molecule has 0 radical (unpaired) electrons. The van der Waals surface area contributed by atoms with Gasteiger partial charge in [0.2, 0.25) is 0 Å². The molecule has 1 fully saturated rings. The molecule has 1 amide bonds. The summed E-state index contributed by atoms with van der Waals surface area (Å²) in [5.41, 5.74) is 3.20. The molecule has 1 saturated heterocycles. The smallest absolute Gasteiger partial charge is 0.295 e. The van der Waals surface area contributed by atoms with Crippen molar-refractivity contribution in [1.29, 1.82) is 0 Å². The number of hydrogen-bond acceptors (Lipinski definition) is 5. The molecule has 0 spiro atoms. The standard InChI is InChI=1S/C33H37NO5/c1-5-6-9-20-39-27-18-16-25(17-19-27)31(35)29-30(24-14-12-23(13-15-24)22(2)3)34(33(37)32(29)36)21-26-10-7-8-11-28(26)38-4/h7-8,10-19,22,30,35H,5-6,9,20-21H2,1-4H3/b31-29+. The minimum atomic E-state index is -0.749. The van der Waals surface area contributed by atoms with Gasteiger partial charge in [-0.3, -0.25) is 9.59 Å². The van der Waals surface area contributed by atoms with Crippen molar-refractivity contribution in [2.45, 2.75) is 58.5 Å². The van der Waals surface area contributed by atoms with Gasteiger partial charge in [0, 0.05) is 11.1 Å². The number of likely N-dealkylation sites (tertiary alicyclic amines) is 1. The number of methoxy groups -OCH3 is 1. The number of Topliss-reactive ketones (excluding diaryl/α,β-unsaturated/α-hetero) is 1. The Morgan fingerprint density at radius 3 is 2.28 bits per heavy atom. The number of amides is 1. The van der Waals surface area contributed by atoms with Gasteiger partial charge in [0.05, 0.1) is 31.9 Å². The van der Waals surface area contributed by atoms with Gasteiger partial charge in [0.1, 0.15) is 17.3 Å². The zero-order chi connectivity index (χ0) is 27.9. The highest BCUT2D eigenvalue weighted by Crippen LogP contribution is 2.41. The maximum Gasteiger partial charge on any atom is 0.295 e. The summed E-state index contributed by atoms with van der Waals surface area (Å²) in [5, 5.41) is 11.4. The van der Waals surface area contributed by atoms with Crippen LogP contribution in [0.2, 0.25) is 0 Å². The molecule has 3 aromatic carbocycles. The number of unbranched alkanes of at least 4 members (excludes halogenated alkanes) is 2. The van der Waals surface area contributed by atoms with Crippen LogP contribution in [0.15, 0.2) is 78.4 Å². The predicted molar refractivity (Wildman–Crippen MR) is 153 cm³/mol. The molecule has 1 heterocycles. The van der Waals surface area contributed by atoms with E-state index in [4.69, 9.17) is 9.47 Å². The van der Waals surface area contributed by atoms with Crippen LogP contribution in [0.4, 0.5) is 0 Å². The molecule has 1 N–H and O–H groups in total. The van der Waals surface area contributed by atoms with Gasteiger partial charge in [-0.25, -0.2) is 0 Å². The topological polar surface area (TPSA) is 76.1 Å². The minimum Gasteiger partial charge on any atom is -0.507 e. The summed E-state index contributed by atoms with van der Waals surface area (Å²) in [5.74, 6) is 0.0903. The Morgan fingerprint density at radius 1 is 0.949 bits per heavy atom. The lowest BCUT2D eigenvalue weighted by molar-refractivity contribution is -0.140. The van der Waals surface area contributed by atoms with Crippen LogP contribution in [-0.2, 0) is 16.1 Å². The molecule has 1 atom stereocenters. The third-order valence-corrected chi connectivity index (χ3v) is 7.14. The molecule has 39 heavy (non-hydrogen) atoms. The van der Waals surface area contributed by atoms with E-state index >= 15 is 0 Å². The highest BCUT2D eigenvalue weighted by molar-refractivity contribution is 6.46. The van der Waals surface area contributed by atoms with Gasteiger partial charge in [-0.1, -0.05) is 76.1 Å². The van der Waals surface area contributed by atoms with Crippen molar-refractivity contribution in [3.05, 3.63) is 101 Å². The lowest BCUT2D eigenvalue weighted by Gasteiger charge is -2.26. The molecule has 1 unspecified atom stereocenters. The number of ketones is 1. The van der Waals surface area contributed by atoms with Gasteiger partial charge in [0.25, 0.3) is 11.7 Å². The van der Waals surface area contributed by atoms with Gasteiger partial charge in [-0.15, -0.1) is 0 Å². The maximum atomic E-state index is 13.4. The average Bonchev–Trinajstić information content (AvgIpc) is 3.20. The van der Waals surface area contributed by atoms with Crippen molar-refractivity contribution < 1.29 is 24.2 Å². The number of para-hydroxylation sites is 1. The summed E-state index contributed by atoms with van der Waals surface area (Å²) < 4.78 is 11.3. The Hall–Kier alpha value is -4.06. The Labute approximate surface area is 230 Å². The number of carbonyl (C=O) groups is 2. The summed E-state index contributed by atoms with van der Waals surface area (Å²) in [6.07, 6.45) is 3.20. The third kappa shape index (κ3) is 6.17. The Kier molecular flexibility index (Phi) is 9.07. The fraction of sp³-hybridized carbons (Fsp3) is 0.333. The van der Waals surface area contributed by atoms with Crippen LogP contribution in [0, 0.1) is 0 Å². The lowest BCUT2D eigenvalue weighted by Crippen LogP contribution is -2.29. The molecule has 4 rings (SSSR count). The summed E-state index contributed by atoms with van der Waals surface area (Å²) >= 11 is 0. The molecule has 0 aliphatic carbocycles. The second-order valence-electron chi connectivity index (χ2n) is 10.1. The van der Waals surface area contributed by atoms with E-state index in [1.165, 1.54) is 4.90 Å². The van der Waals surface area contributed by atoms with Gasteiger partial charge in [-0.05, 0) is 53.8 Å². The number of aliphatic hydroxyl groups is 1. The number of ether oxygens (including phenoxy) is 2. The van der Waals surface area contributed by atoms with Crippen LogP contribution in [-0.4, -0.2) is 35.4 Å². The molecule has 1 aliphatic heterocycles. The fourth-order valence-corrected chi connectivity index (χ4v) is 4.88. The highest BCUT2D eigenvalue weighted by Gasteiger charge is 2.46. The van der Waals surface area contributed by atoms with E-state index < -0.39 is 17.7 Å². The highest BCUT2D eigenvalue weighted by atomic mass is 16.5. The largest absolute Gasteiger partial charge is 0.507 e. The van der Waals surface area contributed by atoms with Crippen molar-refractivity contribution in [1.82, 2.24) is 4.90 Å².